The second kappa shape index (κ2) is 5.26. The van der Waals surface area contributed by atoms with Crippen LogP contribution in [0, 0.1) is 6.92 Å². The van der Waals surface area contributed by atoms with E-state index in [9.17, 15) is 5.11 Å². The van der Waals surface area contributed by atoms with Gasteiger partial charge in [-0.1, -0.05) is 29.8 Å². The molecule has 102 valence electrons. The molecule has 2 aromatic rings. The van der Waals surface area contributed by atoms with Crippen molar-refractivity contribution in [3.8, 4) is 5.75 Å². The lowest BCUT2D eigenvalue weighted by Crippen LogP contribution is -2.27. The summed E-state index contributed by atoms with van der Waals surface area (Å²) in [5, 5.41) is 13.6. The Bertz CT molecular complexity index is 703. The lowest BCUT2D eigenvalue weighted by atomic mass is 10.2. The molecule has 0 saturated carbocycles. The Morgan fingerprint density at radius 1 is 1.30 bits per heavy atom. The molecule has 3 N–H and O–H groups in total. The first-order valence-corrected chi connectivity index (χ1v) is 7.19. The number of nitrogens with zero attached hydrogens (tertiary/aromatic N) is 1. The average molecular weight is 306 g/mol. The molecular formula is C14H12ClN3OS. The summed E-state index contributed by atoms with van der Waals surface area (Å²) in [6.45, 7) is 2.02. The maximum Gasteiger partial charge on any atom is 0.211 e. The molecule has 0 saturated heterocycles. The molecule has 1 aliphatic heterocycles. The van der Waals surface area contributed by atoms with E-state index in [1.807, 2.05) is 31.2 Å². The second-order valence-electron chi connectivity index (χ2n) is 4.38. The first-order valence-electron chi connectivity index (χ1n) is 6.00. The van der Waals surface area contributed by atoms with Crippen LogP contribution in [0.3, 0.4) is 0 Å². The molecule has 0 fully saturated rings. The van der Waals surface area contributed by atoms with Gasteiger partial charge in [-0.25, -0.2) is 4.99 Å². The number of aliphatic imine (C=N–C) groups is 1. The van der Waals surface area contributed by atoms with Crippen molar-refractivity contribution in [1.29, 1.82) is 0 Å². The van der Waals surface area contributed by atoms with Crippen molar-refractivity contribution < 1.29 is 5.11 Å². The molecule has 4 nitrogen and oxygen atoms in total. The van der Waals surface area contributed by atoms with Crippen LogP contribution in [0.25, 0.3) is 0 Å². The quantitative estimate of drug-likeness (QED) is 0.695. The summed E-state index contributed by atoms with van der Waals surface area (Å²) in [4.78, 5) is 5.18. The maximum absolute atomic E-state index is 9.92. The van der Waals surface area contributed by atoms with Crippen molar-refractivity contribution in [2.45, 2.75) is 11.8 Å². The Balaban J connectivity index is 1.93. The summed E-state index contributed by atoms with van der Waals surface area (Å²) in [5.41, 5.74) is 2.61. The van der Waals surface area contributed by atoms with Crippen LogP contribution >= 0.6 is 23.5 Å². The lowest BCUT2D eigenvalue weighted by molar-refractivity contribution is 0.475. The summed E-state index contributed by atoms with van der Waals surface area (Å²) in [6, 6.07) is 11.2. The highest BCUT2D eigenvalue weighted by Gasteiger charge is 2.17. The third kappa shape index (κ3) is 2.55. The average Bonchev–Trinajstić information content (AvgIpc) is 2.42. The van der Waals surface area contributed by atoms with Gasteiger partial charge in [0.15, 0.2) is 0 Å². The highest BCUT2D eigenvalue weighted by Crippen LogP contribution is 2.41. The van der Waals surface area contributed by atoms with E-state index in [1.165, 1.54) is 18.0 Å². The fourth-order valence-corrected chi connectivity index (χ4v) is 2.90. The number of fused-ring (bicyclic) bond motifs is 1. The van der Waals surface area contributed by atoms with Gasteiger partial charge in [-0.3, -0.25) is 4.72 Å². The molecule has 0 atom stereocenters. The predicted molar refractivity (Wildman–Crippen MR) is 84.0 cm³/mol. The maximum atomic E-state index is 9.92. The summed E-state index contributed by atoms with van der Waals surface area (Å²) < 4.78 is 3.09. The number of hydrogen-bond acceptors (Lipinski definition) is 5. The van der Waals surface area contributed by atoms with E-state index in [0.717, 1.165) is 16.1 Å². The number of guanidine groups is 1. The van der Waals surface area contributed by atoms with Gasteiger partial charge in [0.25, 0.3) is 0 Å². The minimum atomic E-state index is 0.0746. The van der Waals surface area contributed by atoms with Gasteiger partial charge in [0, 0.05) is 16.8 Å². The van der Waals surface area contributed by atoms with Crippen LogP contribution in [0.5, 0.6) is 5.75 Å². The van der Waals surface area contributed by atoms with Crippen molar-refractivity contribution in [1.82, 2.24) is 4.72 Å². The van der Waals surface area contributed by atoms with Crippen LogP contribution < -0.4 is 10.0 Å². The van der Waals surface area contributed by atoms with Crippen LogP contribution in [0.1, 0.15) is 5.56 Å². The van der Waals surface area contributed by atoms with Crippen LogP contribution in [0.15, 0.2) is 46.3 Å². The Morgan fingerprint density at radius 3 is 2.90 bits per heavy atom. The van der Waals surface area contributed by atoms with Crippen molar-refractivity contribution in [2.75, 3.05) is 5.32 Å². The van der Waals surface area contributed by atoms with Gasteiger partial charge in [-0.15, -0.1) is 0 Å². The topological polar surface area (TPSA) is 56.7 Å². The zero-order valence-corrected chi connectivity index (χ0v) is 12.2. The lowest BCUT2D eigenvalue weighted by Gasteiger charge is -2.19. The van der Waals surface area contributed by atoms with Crippen molar-refractivity contribution in [3.05, 3.63) is 47.0 Å². The molecule has 0 aromatic heterocycles. The molecule has 3 rings (SSSR count). The Kier molecular flexibility index (Phi) is 3.46. The number of nitrogens with one attached hydrogen (secondary N) is 2. The van der Waals surface area contributed by atoms with Gasteiger partial charge in [-0.05, 0) is 36.6 Å². The molecular weight excluding hydrogens is 294 g/mol. The monoisotopic (exact) mass is 305 g/mol. The van der Waals surface area contributed by atoms with Crippen LogP contribution in [0.2, 0.25) is 5.02 Å². The molecule has 0 unspecified atom stereocenters. The highest BCUT2D eigenvalue weighted by atomic mass is 35.5. The van der Waals surface area contributed by atoms with Crippen molar-refractivity contribution >= 4 is 40.9 Å². The van der Waals surface area contributed by atoms with Gasteiger partial charge >= 0.3 is 0 Å². The first-order chi connectivity index (χ1) is 9.63. The van der Waals surface area contributed by atoms with E-state index in [1.54, 1.807) is 6.07 Å². The normalized spacial score (nSPS) is 13.2. The van der Waals surface area contributed by atoms with Gasteiger partial charge in [0.2, 0.25) is 5.96 Å². The summed E-state index contributed by atoms with van der Waals surface area (Å²) in [6.07, 6.45) is 0. The number of rotatable bonds is 1. The second-order valence-corrected chi connectivity index (χ2v) is 5.66. The van der Waals surface area contributed by atoms with E-state index in [4.69, 9.17) is 11.6 Å². The van der Waals surface area contributed by atoms with Crippen LogP contribution in [0.4, 0.5) is 11.4 Å². The number of hydrogen-bond donors (Lipinski definition) is 3. The van der Waals surface area contributed by atoms with Crippen molar-refractivity contribution in [2.24, 2.45) is 4.99 Å². The fraction of sp³-hybridized carbons (Fsp3) is 0.0714. The van der Waals surface area contributed by atoms with E-state index < -0.39 is 0 Å². The molecule has 20 heavy (non-hydrogen) atoms. The number of anilines is 1. The third-order valence-corrected chi connectivity index (χ3v) is 3.94. The molecule has 0 aliphatic carbocycles. The molecule has 0 amide bonds. The van der Waals surface area contributed by atoms with Gasteiger partial charge in [0.1, 0.15) is 11.4 Å². The van der Waals surface area contributed by atoms with Gasteiger partial charge in [-0.2, -0.15) is 0 Å². The van der Waals surface area contributed by atoms with E-state index in [-0.39, 0.29) is 5.75 Å². The predicted octanol–water partition coefficient (Wildman–Crippen LogP) is 4.06. The van der Waals surface area contributed by atoms with Crippen LogP contribution in [-0.2, 0) is 0 Å². The summed E-state index contributed by atoms with van der Waals surface area (Å²) in [7, 11) is 0. The number of halogens is 1. The molecule has 0 radical (unpaired) electrons. The first kappa shape index (κ1) is 13.1. The third-order valence-electron chi connectivity index (χ3n) is 2.90. The Hall–Kier alpha value is -1.85. The number of aromatic hydroxyl groups is 1. The minimum absolute atomic E-state index is 0.0746. The van der Waals surface area contributed by atoms with Crippen LogP contribution in [-0.4, -0.2) is 11.1 Å². The highest BCUT2D eigenvalue weighted by molar-refractivity contribution is 7.98. The summed E-state index contributed by atoms with van der Waals surface area (Å²) in [5.74, 6) is 0.653. The Morgan fingerprint density at radius 2 is 2.10 bits per heavy atom. The van der Waals surface area contributed by atoms with Gasteiger partial charge in [0.05, 0.1) is 4.90 Å². The number of phenolic OH excluding ortho intramolecular Hbond substituents is 1. The summed E-state index contributed by atoms with van der Waals surface area (Å²) >= 11 is 7.27. The molecule has 1 heterocycles. The zero-order valence-electron chi connectivity index (χ0n) is 10.6. The number of phenols is 1. The molecule has 1 aliphatic rings. The number of para-hydroxylation sites is 1. The smallest absolute Gasteiger partial charge is 0.211 e. The molecule has 0 spiro atoms. The molecule has 0 bridgehead atoms. The van der Waals surface area contributed by atoms with Gasteiger partial charge < -0.3 is 10.4 Å². The number of aryl methyl sites for hydroxylation is 1. The minimum Gasteiger partial charge on any atom is -0.506 e. The standard InChI is InChI=1S/C14H12ClN3OS/c1-8-4-2-3-5-10(8)16-14-17-13-11(19)6-9(15)7-12(13)20-18-14/h2-7,19H,1H3,(H2,16,17,18). The molecule has 2 aromatic carbocycles. The SMILES string of the molecule is Cc1ccccc1NC1=Nc2c(O)cc(Cl)cc2SN1. The van der Waals surface area contributed by atoms with E-state index >= 15 is 0 Å². The van der Waals surface area contributed by atoms with E-state index in [2.05, 4.69) is 15.0 Å². The molecule has 6 heteroatoms. The Labute approximate surface area is 126 Å². The van der Waals surface area contributed by atoms with E-state index in [0.29, 0.717) is 16.7 Å². The zero-order chi connectivity index (χ0) is 14.1. The fourth-order valence-electron chi connectivity index (χ4n) is 1.88. The largest absolute Gasteiger partial charge is 0.506 e. The number of benzene rings is 2. The van der Waals surface area contributed by atoms with Crippen molar-refractivity contribution in [3.63, 3.8) is 0 Å².